The lowest BCUT2D eigenvalue weighted by molar-refractivity contribution is -0.0945. The molecule has 0 radical (unpaired) electrons. The molecule has 1 aliphatic heterocycles. The second kappa shape index (κ2) is 5.65. The van der Waals surface area contributed by atoms with Crippen molar-refractivity contribution in [2.24, 2.45) is 17.8 Å². The van der Waals surface area contributed by atoms with Crippen LogP contribution in [0.4, 0.5) is 0 Å². The lowest BCUT2D eigenvalue weighted by Crippen LogP contribution is -2.42. The summed E-state index contributed by atoms with van der Waals surface area (Å²) in [6.45, 7) is 4.71. The van der Waals surface area contributed by atoms with Gasteiger partial charge in [-0.2, -0.15) is 0 Å². The highest BCUT2D eigenvalue weighted by Gasteiger charge is 2.38. The summed E-state index contributed by atoms with van der Waals surface area (Å²) in [5.41, 5.74) is 6.51. The molecule has 3 N–H and O–H groups in total. The van der Waals surface area contributed by atoms with Gasteiger partial charge in [-0.15, -0.1) is 0 Å². The van der Waals surface area contributed by atoms with Crippen LogP contribution in [0.3, 0.4) is 0 Å². The van der Waals surface area contributed by atoms with Crippen molar-refractivity contribution in [3.63, 3.8) is 0 Å². The molecular weight excluding hydrogens is 216 g/mol. The Morgan fingerprint density at radius 3 is 2.59 bits per heavy atom. The first-order valence-corrected chi connectivity index (χ1v) is 6.83. The Kier molecular flexibility index (Phi) is 4.42. The molecule has 17 heavy (non-hydrogen) atoms. The Balaban J connectivity index is 1.87. The number of hydrogen-bond donors (Lipinski definition) is 3. The van der Waals surface area contributed by atoms with Crippen molar-refractivity contribution >= 4 is 0 Å². The number of aliphatic hydroxyl groups is 1. The first-order valence-electron chi connectivity index (χ1n) is 6.83. The third kappa shape index (κ3) is 2.99. The molecule has 1 heterocycles. The minimum absolute atomic E-state index is 0.0246. The maximum atomic E-state index is 9.66. The van der Waals surface area contributed by atoms with Crippen LogP contribution in [0.15, 0.2) is 0 Å². The molecule has 1 saturated carbocycles. The molecule has 4 heteroatoms. The van der Waals surface area contributed by atoms with E-state index in [1.165, 1.54) is 19.3 Å². The topological polar surface area (TPSA) is 53.5 Å². The molecule has 4 nitrogen and oxygen atoms in total. The van der Waals surface area contributed by atoms with Gasteiger partial charge in [0.1, 0.15) is 0 Å². The van der Waals surface area contributed by atoms with Gasteiger partial charge in [0.15, 0.2) is 6.29 Å². The zero-order chi connectivity index (χ0) is 12.4. The second-order valence-corrected chi connectivity index (χ2v) is 5.92. The van der Waals surface area contributed by atoms with Gasteiger partial charge in [-0.1, -0.05) is 20.3 Å². The average molecular weight is 242 g/mol. The summed E-state index contributed by atoms with van der Waals surface area (Å²) in [5.74, 6) is 2.38. The highest BCUT2D eigenvalue weighted by molar-refractivity contribution is 4.91. The van der Waals surface area contributed by atoms with E-state index in [0.29, 0.717) is 6.04 Å². The molecule has 0 aromatic rings. The number of rotatable bonds is 3. The van der Waals surface area contributed by atoms with Crippen molar-refractivity contribution in [2.75, 3.05) is 7.11 Å². The Labute approximate surface area is 104 Å². The van der Waals surface area contributed by atoms with Gasteiger partial charge in [0, 0.05) is 13.2 Å². The van der Waals surface area contributed by atoms with Crippen molar-refractivity contribution in [3.8, 4) is 0 Å². The van der Waals surface area contributed by atoms with E-state index in [1.54, 1.807) is 7.11 Å². The fourth-order valence-electron chi connectivity index (χ4n) is 3.53. The first-order chi connectivity index (χ1) is 8.11. The number of hydrazine groups is 1. The molecule has 1 aliphatic carbocycles. The van der Waals surface area contributed by atoms with Gasteiger partial charge in [-0.3, -0.25) is 5.43 Å². The number of aliphatic hydroxyl groups excluding tert-OH is 1. The van der Waals surface area contributed by atoms with Gasteiger partial charge < -0.3 is 9.84 Å². The Morgan fingerprint density at radius 2 is 1.94 bits per heavy atom. The van der Waals surface area contributed by atoms with E-state index in [9.17, 15) is 5.11 Å². The van der Waals surface area contributed by atoms with Gasteiger partial charge in [0.25, 0.3) is 0 Å². The number of methoxy groups -OCH3 is 1. The summed E-state index contributed by atoms with van der Waals surface area (Å²) in [4.78, 5) is 0. The van der Waals surface area contributed by atoms with E-state index in [4.69, 9.17) is 4.74 Å². The van der Waals surface area contributed by atoms with E-state index in [2.05, 4.69) is 24.7 Å². The highest BCUT2D eigenvalue weighted by Crippen LogP contribution is 2.37. The summed E-state index contributed by atoms with van der Waals surface area (Å²) in [6.07, 6.45) is 4.23. The van der Waals surface area contributed by atoms with Crippen molar-refractivity contribution in [2.45, 2.75) is 57.9 Å². The third-order valence-electron chi connectivity index (χ3n) is 4.56. The molecule has 2 fully saturated rings. The number of hydrogen-bond acceptors (Lipinski definition) is 4. The molecule has 6 unspecified atom stereocenters. The zero-order valence-electron chi connectivity index (χ0n) is 11.1. The maximum Gasteiger partial charge on any atom is 0.170 e. The SMILES string of the molecule is COC(O)C1CC(C2CCC(C)CC2C)NN1. The largest absolute Gasteiger partial charge is 0.367 e. The first kappa shape index (κ1) is 13.3. The van der Waals surface area contributed by atoms with Crippen LogP contribution in [-0.4, -0.2) is 30.6 Å². The van der Waals surface area contributed by atoms with Crippen LogP contribution < -0.4 is 10.9 Å². The van der Waals surface area contributed by atoms with Gasteiger partial charge >= 0.3 is 0 Å². The molecule has 0 aromatic carbocycles. The molecule has 0 amide bonds. The van der Waals surface area contributed by atoms with E-state index in [1.807, 2.05) is 0 Å². The smallest absolute Gasteiger partial charge is 0.170 e. The second-order valence-electron chi connectivity index (χ2n) is 5.92. The minimum Gasteiger partial charge on any atom is -0.367 e. The van der Waals surface area contributed by atoms with E-state index in [-0.39, 0.29) is 6.04 Å². The maximum absolute atomic E-state index is 9.66. The van der Waals surface area contributed by atoms with Gasteiger partial charge in [-0.25, -0.2) is 5.43 Å². The predicted octanol–water partition coefficient (Wildman–Crippen LogP) is 1.26. The van der Waals surface area contributed by atoms with Gasteiger partial charge in [0.2, 0.25) is 0 Å². The molecule has 100 valence electrons. The van der Waals surface area contributed by atoms with Crippen LogP contribution in [-0.2, 0) is 4.74 Å². The van der Waals surface area contributed by atoms with E-state index < -0.39 is 6.29 Å². The summed E-state index contributed by atoms with van der Waals surface area (Å²) < 4.78 is 4.97. The van der Waals surface area contributed by atoms with E-state index in [0.717, 1.165) is 24.2 Å². The van der Waals surface area contributed by atoms with Crippen LogP contribution >= 0.6 is 0 Å². The molecule has 0 bridgehead atoms. The van der Waals surface area contributed by atoms with Crippen molar-refractivity contribution in [1.29, 1.82) is 0 Å². The molecule has 2 aliphatic rings. The predicted molar refractivity (Wildman–Crippen MR) is 67.1 cm³/mol. The van der Waals surface area contributed by atoms with Gasteiger partial charge in [-0.05, 0) is 37.0 Å². The van der Waals surface area contributed by atoms with Crippen molar-refractivity contribution < 1.29 is 9.84 Å². The van der Waals surface area contributed by atoms with Gasteiger partial charge in [0.05, 0.1) is 6.04 Å². The standard InChI is InChI=1S/C13H26N2O2/c1-8-4-5-10(9(2)6-8)11-7-12(15-14-11)13(16)17-3/h8-16H,4-7H2,1-3H3. The third-order valence-corrected chi connectivity index (χ3v) is 4.56. The molecule has 6 atom stereocenters. The number of ether oxygens (including phenoxy) is 1. The van der Waals surface area contributed by atoms with Crippen LogP contribution in [0.5, 0.6) is 0 Å². The Morgan fingerprint density at radius 1 is 1.18 bits per heavy atom. The zero-order valence-corrected chi connectivity index (χ0v) is 11.1. The Bertz CT molecular complexity index is 250. The molecule has 0 spiro atoms. The number of nitrogens with one attached hydrogen (secondary N) is 2. The quantitative estimate of drug-likeness (QED) is 0.652. The van der Waals surface area contributed by atoms with Crippen LogP contribution in [0.2, 0.25) is 0 Å². The summed E-state index contributed by atoms with van der Waals surface area (Å²) in [5, 5.41) is 9.66. The molecular formula is C13H26N2O2. The average Bonchev–Trinajstić information content (AvgIpc) is 2.77. The molecule has 0 aromatic heterocycles. The summed E-state index contributed by atoms with van der Waals surface area (Å²) >= 11 is 0. The Hall–Kier alpha value is -0.160. The lowest BCUT2D eigenvalue weighted by Gasteiger charge is -2.36. The van der Waals surface area contributed by atoms with E-state index >= 15 is 0 Å². The molecule has 1 saturated heterocycles. The fraction of sp³-hybridized carbons (Fsp3) is 1.00. The van der Waals surface area contributed by atoms with Crippen molar-refractivity contribution in [1.82, 2.24) is 10.9 Å². The van der Waals surface area contributed by atoms with Crippen molar-refractivity contribution in [3.05, 3.63) is 0 Å². The van der Waals surface area contributed by atoms with Crippen LogP contribution in [0.1, 0.15) is 39.5 Å². The van der Waals surface area contributed by atoms with Crippen LogP contribution in [0, 0.1) is 17.8 Å². The fourth-order valence-corrected chi connectivity index (χ4v) is 3.53. The monoisotopic (exact) mass is 242 g/mol. The summed E-state index contributed by atoms with van der Waals surface area (Å²) in [7, 11) is 1.55. The lowest BCUT2D eigenvalue weighted by atomic mass is 9.72. The van der Waals surface area contributed by atoms with Crippen LogP contribution in [0.25, 0.3) is 0 Å². The summed E-state index contributed by atoms with van der Waals surface area (Å²) in [6, 6.07) is 0.504. The normalized spacial score (nSPS) is 44.8. The minimum atomic E-state index is -0.703. The highest BCUT2D eigenvalue weighted by atomic mass is 16.6. The molecule has 2 rings (SSSR count).